The normalized spacial score (nSPS) is 23.0. The van der Waals surface area contributed by atoms with Crippen molar-refractivity contribution in [2.24, 2.45) is 5.73 Å². The predicted octanol–water partition coefficient (Wildman–Crippen LogP) is 3.19. The molecule has 2 saturated carbocycles. The molecule has 25 heavy (non-hydrogen) atoms. The predicted molar refractivity (Wildman–Crippen MR) is 99.1 cm³/mol. The number of fused-ring (bicyclic) bond motifs is 1. The summed E-state index contributed by atoms with van der Waals surface area (Å²) in [6.45, 7) is 2.78. The van der Waals surface area contributed by atoms with E-state index >= 15 is 0 Å². The molecule has 0 amide bonds. The Labute approximate surface area is 150 Å². The zero-order valence-electron chi connectivity index (χ0n) is 14.3. The molecule has 0 unspecified atom stereocenters. The van der Waals surface area contributed by atoms with Gasteiger partial charge in [-0.05, 0) is 32.6 Å². The van der Waals surface area contributed by atoms with Crippen molar-refractivity contribution in [2.45, 2.75) is 57.0 Å². The van der Waals surface area contributed by atoms with Crippen LogP contribution in [-0.2, 0) is 6.54 Å². The van der Waals surface area contributed by atoms with Gasteiger partial charge in [-0.2, -0.15) is 0 Å². The largest absolute Gasteiger partial charge is 0.364 e. The molecular weight excluding hydrogens is 332 g/mol. The summed E-state index contributed by atoms with van der Waals surface area (Å²) >= 11 is 1.67. The molecule has 3 N–H and O–H groups in total. The van der Waals surface area contributed by atoms with Crippen LogP contribution >= 0.6 is 11.3 Å². The van der Waals surface area contributed by atoms with E-state index in [1.807, 2.05) is 0 Å². The van der Waals surface area contributed by atoms with E-state index in [1.54, 1.807) is 11.3 Å². The molecule has 2 aliphatic rings. The zero-order valence-corrected chi connectivity index (χ0v) is 15.1. The molecule has 0 saturated heterocycles. The van der Waals surface area contributed by atoms with Crippen LogP contribution in [0.5, 0.6) is 0 Å². The van der Waals surface area contributed by atoms with Crippen molar-refractivity contribution in [2.75, 3.05) is 5.32 Å². The topological polar surface area (TPSA) is 81.1 Å². The van der Waals surface area contributed by atoms with E-state index in [0.29, 0.717) is 24.4 Å². The lowest BCUT2D eigenvalue weighted by Gasteiger charge is -2.32. The number of hydrogen-bond acceptors (Lipinski definition) is 6. The molecule has 0 aliphatic heterocycles. The van der Waals surface area contributed by atoms with Gasteiger partial charge in [-0.3, -0.25) is 4.40 Å². The van der Waals surface area contributed by atoms with E-state index in [2.05, 4.69) is 39.3 Å². The quantitative estimate of drug-likeness (QED) is 0.735. The molecule has 0 spiro atoms. The summed E-state index contributed by atoms with van der Waals surface area (Å²) in [5, 5.41) is 5.58. The van der Waals surface area contributed by atoms with E-state index in [0.717, 1.165) is 40.8 Å². The van der Waals surface area contributed by atoms with E-state index < -0.39 is 0 Å². The van der Waals surface area contributed by atoms with E-state index in [-0.39, 0.29) is 0 Å². The number of imidazole rings is 1. The molecule has 130 valence electrons. The number of hydrogen-bond donors (Lipinski definition) is 2. The Morgan fingerprint density at radius 1 is 1.24 bits per heavy atom. The molecule has 2 fully saturated rings. The number of aryl methyl sites for hydroxylation is 1. The Morgan fingerprint density at radius 2 is 2.08 bits per heavy atom. The maximum atomic E-state index is 5.96. The number of nitrogens with one attached hydrogen (secondary N) is 1. The van der Waals surface area contributed by atoms with Gasteiger partial charge in [-0.1, -0.05) is 0 Å². The SMILES string of the molecule is Cc1csc2nc(CNc3cc(C4CC(N)C4)nc(C4CC4)n3)cn12. The van der Waals surface area contributed by atoms with Crippen LogP contribution in [0.15, 0.2) is 17.6 Å². The van der Waals surface area contributed by atoms with Crippen molar-refractivity contribution < 1.29 is 0 Å². The van der Waals surface area contributed by atoms with Gasteiger partial charge in [0.25, 0.3) is 0 Å². The van der Waals surface area contributed by atoms with Crippen LogP contribution in [-0.4, -0.2) is 25.4 Å². The highest BCUT2D eigenvalue weighted by atomic mass is 32.1. The van der Waals surface area contributed by atoms with Gasteiger partial charge < -0.3 is 11.1 Å². The molecule has 0 bridgehead atoms. The highest BCUT2D eigenvalue weighted by Crippen LogP contribution is 2.41. The highest BCUT2D eigenvalue weighted by molar-refractivity contribution is 7.15. The Kier molecular flexibility index (Phi) is 3.53. The van der Waals surface area contributed by atoms with Crippen LogP contribution in [0.4, 0.5) is 5.82 Å². The van der Waals surface area contributed by atoms with Gasteiger partial charge in [-0.25, -0.2) is 15.0 Å². The summed E-state index contributed by atoms with van der Waals surface area (Å²) in [7, 11) is 0. The molecule has 3 aromatic heterocycles. The van der Waals surface area contributed by atoms with Gasteiger partial charge >= 0.3 is 0 Å². The molecule has 0 atom stereocenters. The first-order valence-electron chi connectivity index (χ1n) is 8.96. The van der Waals surface area contributed by atoms with Crippen molar-refractivity contribution in [1.29, 1.82) is 0 Å². The molecule has 6 nitrogen and oxygen atoms in total. The zero-order chi connectivity index (χ0) is 17.0. The van der Waals surface area contributed by atoms with Crippen LogP contribution < -0.4 is 11.1 Å². The van der Waals surface area contributed by atoms with E-state index in [9.17, 15) is 0 Å². The number of rotatable bonds is 5. The van der Waals surface area contributed by atoms with Crippen molar-refractivity contribution in [1.82, 2.24) is 19.4 Å². The third kappa shape index (κ3) is 2.91. The third-order valence-corrected chi connectivity index (χ3v) is 6.15. The minimum Gasteiger partial charge on any atom is -0.364 e. The van der Waals surface area contributed by atoms with Gasteiger partial charge in [-0.15, -0.1) is 11.3 Å². The van der Waals surface area contributed by atoms with Crippen LogP contribution in [0.1, 0.15) is 60.4 Å². The van der Waals surface area contributed by atoms with Gasteiger partial charge in [0.1, 0.15) is 11.6 Å². The number of aromatic nitrogens is 4. The first-order valence-corrected chi connectivity index (χ1v) is 9.84. The van der Waals surface area contributed by atoms with Crippen LogP contribution in [0.2, 0.25) is 0 Å². The molecule has 3 aromatic rings. The fourth-order valence-electron chi connectivity index (χ4n) is 3.42. The Bertz CT molecular complexity index is 919. The molecular formula is C18H22N6S. The van der Waals surface area contributed by atoms with Gasteiger partial charge in [0.15, 0.2) is 4.96 Å². The minimum absolute atomic E-state index is 0.336. The first kappa shape index (κ1) is 15.3. The fourth-order valence-corrected chi connectivity index (χ4v) is 4.29. The second kappa shape index (κ2) is 5.78. The number of thiazole rings is 1. The average molecular weight is 354 g/mol. The lowest BCUT2D eigenvalue weighted by molar-refractivity contribution is 0.344. The number of nitrogens with two attached hydrogens (primary N) is 1. The Morgan fingerprint density at radius 3 is 2.80 bits per heavy atom. The summed E-state index contributed by atoms with van der Waals surface area (Å²) in [6, 6.07) is 2.44. The number of nitrogens with zero attached hydrogens (tertiary/aromatic N) is 4. The second-order valence-corrected chi connectivity index (χ2v) is 8.19. The fraction of sp³-hybridized carbons (Fsp3) is 0.500. The standard InChI is InChI=1S/C18H22N6S/c1-10-9-25-18-21-14(8-24(10)18)7-20-16-6-15(12-4-13(19)5-12)22-17(23-16)11-2-3-11/h6,8-9,11-13H,2-5,7,19H2,1H3,(H,20,22,23). The van der Waals surface area contributed by atoms with Crippen molar-refractivity contribution in [3.63, 3.8) is 0 Å². The number of anilines is 1. The molecule has 2 aliphatic carbocycles. The molecule has 5 rings (SSSR count). The lowest BCUT2D eigenvalue weighted by atomic mass is 9.78. The van der Waals surface area contributed by atoms with Gasteiger partial charge in [0.2, 0.25) is 0 Å². The first-order chi connectivity index (χ1) is 12.2. The summed E-state index contributed by atoms with van der Waals surface area (Å²) in [5.74, 6) is 2.97. The second-order valence-electron chi connectivity index (χ2n) is 7.35. The molecule has 3 heterocycles. The summed E-state index contributed by atoms with van der Waals surface area (Å²) < 4.78 is 2.14. The lowest BCUT2D eigenvalue weighted by Crippen LogP contribution is -2.35. The van der Waals surface area contributed by atoms with Gasteiger partial charge in [0, 0.05) is 46.9 Å². The van der Waals surface area contributed by atoms with Crippen molar-refractivity contribution in [3.8, 4) is 0 Å². The maximum Gasteiger partial charge on any atom is 0.194 e. The molecule has 0 aromatic carbocycles. The average Bonchev–Trinajstić information content (AvgIpc) is 3.27. The maximum absolute atomic E-state index is 5.96. The van der Waals surface area contributed by atoms with Crippen LogP contribution in [0, 0.1) is 6.92 Å². The Balaban J connectivity index is 1.36. The van der Waals surface area contributed by atoms with E-state index in [4.69, 9.17) is 15.7 Å². The third-order valence-electron chi connectivity index (χ3n) is 5.19. The van der Waals surface area contributed by atoms with Crippen molar-refractivity contribution >= 4 is 22.1 Å². The summed E-state index contributed by atoms with van der Waals surface area (Å²) in [6.07, 6.45) is 6.60. The van der Waals surface area contributed by atoms with E-state index in [1.165, 1.54) is 18.5 Å². The van der Waals surface area contributed by atoms with Crippen LogP contribution in [0.3, 0.4) is 0 Å². The Hall–Kier alpha value is -1.99. The van der Waals surface area contributed by atoms with Crippen LogP contribution in [0.25, 0.3) is 4.96 Å². The summed E-state index contributed by atoms with van der Waals surface area (Å²) in [5.41, 5.74) is 9.37. The highest BCUT2D eigenvalue weighted by Gasteiger charge is 2.32. The molecule has 7 heteroatoms. The summed E-state index contributed by atoms with van der Waals surface area (Å²) in [4.78, 5) is 15.3. The molecule has 0 radical (unpaired) electrons. The minimum atomic E-state index is 0.336. The monoisotopic (exact) mass is 354 g/mol. The smallest absolute Gasteiger partial charge is 0.194 e. The van der Waals surface area contributed by atoms with Gasteiger partial charge in [0.05, 0.1) is 12.2 Å². The van der Waals surface area contributed by atoms with Crippen molar-refractivity contribution in [3.05, 3.63) is 40.5 Å².